The van der Waals surface area contributed by atoms with Gasteiger partial charge in [-0.3, -0.25) is 0 Å². The van der Waals surface area contributed by atoms with Crippen LogP contribution in [0.25, 0.3) is 0 Å². The molecule has 6 nitrogen and oxygen atoms in total. The minimum atomic E-state index is -2.84. The molecule has 2 unspecified atom stereocenters. The molecule has 121 valence electrons. The van der Waals surface area contributed by atoms with Crippen molar-refractivity contribution in [2.75, 3.05) is 31.1 Å². The van der Waals surface area contributed by atoms with Gasteiger partial charge in [0.2, 0.25) is 0 Å². The quantitative estimate of drug-likeness (QED) is 0.731. The van der Waals surface area contributed by atoms with E-state index in [0.717, 1.165) is 12.8 Å². The Morgan fingerprint density at radius 3 is 2.38 bits per heavy atom. The molecule has 4 atom stereocenters. The highest BCUT2D eigenvalue weighted by molar-refractivity contribution is 7.91. The zero-order valence-corrected chi connectivity index (χ0v) is 13.2. The van der Waals surface area contributed by atoms with E-state index in [9.17, 15) is 13.5 Å². The SMILES string of the molecule is [O][C@@H](CCN1CCS(=O)(=O)CC1)OC1CC2CC[C@@H](C1)N2. The summed E-state index contributed by atoms with van der Waals surface area (Å²) in [4.78, 5) is 2.06. The average molecular weight is 317 g/mol. The zero-order valence-electron chi connectivity index (χ0n) is 12.4. The van der Waals surface area contributed by atoms with Crippen LogP contribution in [-0.2, 0) is 19.7 Å². The molecular weight excluding hydrogens is 292 g/mol. The van der Waals surface area contributed by atoms with Gasteiger partial charge in [0.05, 0.1) is 17.6 Å². The van der Waals surface area contributed by atoms with Crippen molar-refractivity contribution in [2.45, 2.75) is 56.6 Å². The standard InChI is InChI=1S/C14H25N2O4S/c17-14(3-4-16-5-7-21(18,19)8-6-16)20-13-9-11-1-2-12(10-13)15-11/h11-15H,1-10H2/t11-,12?,13?,14+/m0/s1. The first kappa shape index (κ1) is 15.7. The lowest BCUT2D eigenvalue weighted by Crippen LogP contribution is -2.43. The summed E-state index contributed by atoms with van der Waals surface area (Å²) >= 11 is 0. The summed E-state index contributed by atoms with van der Waals surface area (Å²) in [6, 6.07) is 1.07. The number of nitrogens with one attached hydrogen (secondary N) is 1. The number of sulfone groups is 1. The molecule has 0 amide bonds. The Morgan fingerprint density at radius 2 is 1.76 bits per heavy atom. The Morgan fingerprint density at radius 1 is 1.14 bits per heavy atom. The maximum absolute atomic E-state index is 12.0. The topological polar surface area (TPSA) is 78.5 Å². The van der Waals surface area contributed by atoms with Crippen LogP contribution in [-0.4, -0.2) is 68.9 Å². The van der Waals surface area contributed by atoms with Crippen molar-refractivity contribution >= 4 is 9.84 Å². The van der Waals surface area contributed by atoms with Crippen molar-refractivity contribution in [2.24, 2.45) is 0 Å². The molecule has 1 radical (unpaired) electrons. The van der Waals surface area contributed by atoms with Crippen molar-refractivity contribution < 1.29 is 18.3 Å². The third kappa shape index (κ3) is 4.39. The van der Waals surface area contributed by atoms with Crippen molar-refractivity contribution in [3.05, 3.63) is 0 Å². The molecule has 0 spiro atoms. The van der Waals surface area contributed by atoms with Gasteiger partial charge < -0.3 is 15.0 Å². The van der Waals surface area contributed by atoms with Gasteiger partial charge in [-0.15, -0.1) is 0 Å². The second-order valence-electron chi connectivity index (χ2n) is 6.58. The molecule has 3 saturated heterocycles. The summed E-state index contributed by atoms with van der Waals surface area (Å²) in [5.74, 6) is 0.435. The number of nitrogens with zero attached hydrogens (tertiary/aromatic N) is 1. The fourth-order valence-electron chi connectivity index (χ4n) is 3.66. The Labute approximate surface area is 126 Å². The lowest BCUT2D eigenvalue weighted by Gasteiger charge is -2.31. The highest BCUT2D eigenvalue weighted by atomic mass is 32.2. The van der Waals surface area contributed by atoms with Gasteiger partial charge in [0.1, 0.15) is 0 Å². The van der Waals surface area contributed by atoms with Gasteiger partial charge in [0.25, 0.3) is 0 Å². The van der Waals surface area contributed by atoms with Gasteiger partial charge in [-0.25, -0.2) is 13.5 Å². The van der Waals surface area contributed by atoms with Crippen molar-refractivity contribution in [3.8, 4) is 0 Å². The maximum Gasteiger partial charge on any atom is 0.192 e. The van der Waals surface area contributed by atoms with Gasteiger partial charge >= 0.3 is 0 Å². The van der Waals surface area contributed by atoms with Crippen LogP contribution in [0.5, 0.6) is 0 Å². The largest absolute Gasteiger partial charge is 0.346 e. The third-order valence-electron chi connectivity index (χ3n) is 4.89. The van der Waals surface area contributed by atoms with E-state index in [1.54, 1.807) is 0 Å². The van der Waals surface area contributed by atoms with E-state index in [4.69, 9.17) is 4.74 Å². The Kier molecular flexibility index (Phi) is 4.85. The minimum absolute atomic E-state index is 0.105. The van der Waals surface area contributed by atoms with Crippen molar-refractivity contribution in [1.29, 1.82) is 0 Å². The Bertz CT molecular complexity index is 430. The first-order chi connectivity index (χ1) is 10.00. The lowest BCUT2D eigenvalue weighted by molar-refractivity contribution is -0.182. The minimum Gasteiger partial charge on any atom is -0.346 e. The van der Waals surface area contributed by atoms with E-state index in [0.29, 0.717) is 38.1 Å². The van der Waals surface area contributed by atoms with Crippen LogP contribution < -0.4 is 5.32 Å². The summed E-state index contributed by atoms with van der Waals surface area (Å²) in [5, 5.41) is 15.5. The van der Waals surface area contributed by atoms with Crippen LogP contribution in [0.15, 0.2) is 0 Å². The lowest BCUT2D eigenvalue weighted by atomic mass is 10.0. The normalized spacial score (nSPS) is 37.5. The number of hydrogen-bond donors (Lipinski definition) is 1. The van der Waals surface area contributed by atoms with E-state index in [-0.39, 0.29) is 17.6 Å². The van der Waals surface area contributed by atoms with E-state index in [2.05, 4.69) is 10.2 Å². The van der Waals surface area contributed by atoms with Gasteiger partial charge in [-0.2, -0.15) is 0 Å². The van der Waals surface area contributed by atoms with Crippen LogP contribution in [0.2, 0.25) is 0 Å². The molecule has 3 aliphatic rings. The highest BCUT2D eigenvalue weighted by Crippen LogP contribution is 2.29. The van der Waals surface area contributed by atoms with E-state index >= 15 is 0 Å². The Hall–Kier alpha value is -0.210. The first-order valence-corrected chi connectivity index (χ1v) is 9.82. The van der Waals surface area contributed by atoms with E-state index < -0.39 is 16.1 Å². The van der Waals surface area contributed by atoms with Crippen LogP contribution in [0.4, 0.5) is 0 Å². The monoisotopic (exact) mass is 317 g/mol. The average Bonchev–Trinajstić information content (AvgIpc) is 2.77. The molecule has 0 aromatic carbocycles. The Balaban J connectivity index is 1.36. The molecule has 7 heteroatoms. The molecule has 0 aromatic rings. The van der Waals surface area contributed by atoms with Gasteiger partial charge in [-0.1, -0.05) is 0 Å². The fraction of sp³-hybridized carbons (Fsp3) is 1.00. The molecule has 0 aliphatic carbocycles. The summed E-state index contributed by atoms with van der Waals surface area (Å²) in [5.41, 5.74) is 0. The summed E-state index contributed by atoms with van der Waals surface area (Å²) in [6.45, 7) is 1.74. The summed E-state index contributed by atoms with van der Waals surface area (Å²) in [6.07, 6.45) is 3.89. The van der Waals surface area contributed by atoms with E-state index in [1.807, 2.05) is 0 Å². The molecular formula is C14H25N2O4S. The smallest absolute Gasteiger partial charge is 0.192 e. The van der Waals surface area contributed by atoms with Gasteiger partial charge in [0, 0.05) is 38.1 Å². The molecule has 3 rings (SSSR count). The predicted octanol–water partition coefficient (Wildman–Crippen LogP) is 0.163. The number of rotatable bonds is 5. The molecule has 2 bridgehead atoms. The van der Waals surface area contributed by atoms with Crippen molar-refractivity contribution in [3.63, 3.8) is 0 Å². The zero-order chi connectivity index (χ0) is 14.9. The first-order valence-electron chi connectivity index (χ1n) is 8.00. The van der Waals surface area contributed by atoms with Crippen LogP contribution in [0, 0.1) is 0 Å². The highest BCUT2D eigenvalue weighted by Gasteiger charge is 2.35. The summed E-state index contributed by atoms with van der Waals surface area (Å²) in [7, 11) is -2.84. The number of hydrogen-bond acceptors (Lipinski definition) is 5. The van der Waals surface area contributed by atoms with Gasteiger partial charge in [-0.05, 0) is 25.7 Å². The number of piperidine rings is 1. The molecule has 0 aromatic heterocycles. The third-order valence-corrected chi connectivity index (χ3v) is 6.50. The summed E-state index contributed by atoms with van der Waals surface area (Å²) < 4.78 is 28.4. The molecule has 3 heterocycles. The number of fused-ring (bicyclic) bond motifs is 2. The predicted molar refractivity (Wildman–Crippen MR) is 78.2 cm³/mol. The van der Waals surface area contributed by atoms with Gasteiger partial charge in [0.15, 0.2) is 16.1 Å². The molecule has 3 fully saturated rings. The molecule has 3 aliphatic heterocycles. The second kappa shape index (κ2) is 6.50. The molecule has 1 N–H and O–H groups in total. The fourth-order valence-corrected chi connectivity index (χ4v) is 4.94. The van der Waals surface area contributed by atoms with Crippen LogP contribution >= 0.6 is 0 Å². The maximum atomic E-state index is 12.0. The molecule has 21 heavy (non-hydrogen) atoms. The number of ether oxygens (including phenoxy) is 1. The second-order valence-corrected chi connectivity index (χ2v) is 8.88. The van der Waals surface area contributed by atoms with Crippen LogP contribution in [0.1, 0.15) is 32.1 Å². The van der Waals surface area contributed by atoms with Crippen LogP contribution in [0.3, 0.4) is 0 Å². The van der Waals surface area contributed by atoms with E-state index in [1.165, 1.54) is 12.8 Å². The van der Waals surface area contributed by atoms with Crippen molar-refractivity contribution in [1.82, 2.24) is 10.2 Å². The molecule has 0 saturated carbocycles.